The third-order valence-electron chi connectivity index (χ3n) is 3.69. The summed E-state index contributed by atoms with van der Waals surface area (Å²) in [7, 11) is 0. The van der Waals surface area contributed by atoms with E-state index >= 15 is 0 Å². The molecule has 0 saturated heterocycles. The number of amides is 2. The van der Waals surface area contributed by atoms with Crippen molar-refractivity contribution in [2.24, 2.45) is 0 Å². The highest BCUT2D eigenvalue weighted by Gasteiger charge is 2.31. The van der Waals surface area contributed by atoms with Gasteiger partial charge in [0.05, 0.1) is 24.5 Å². The lowest BCUT2D eigenvalue weighted by molar-refractivity contribution is -0.137. The number of rotatable bonds is 5. The van der Waals surface area contributed by atoms with Crippen LogP contribution in [0.4, 0.5) is 5.69 Å². The molecule has 11 heteroatoms. The van der Waals surface area contributed by atoms with Crippen molar-refractivity contribution in [3.05, 3.63) is 30.2 Å². The molecule has 0 unspecified atom stereocenters. The zero-order valence-corrected chi connectivity index (χ0v) is 12.7. The van der Waals surface area contributed by atoms with E-state index in [0.29, 0.717) is 22.9 Å². The smallest absolute Gasteiger partial charge is 0.277 e. The number of ether oxygens (including phenoxy) is 2. The summed E-state index contributed by atoms with van der Waals surface area (Å²) in [4.78, 5) is 25.1. The fraction of sp³-hybridized carbons (Fsp3) is 0.214. The highest BCUT2D eigenvalue weighted by atomic mass is 16.7. The molecule has 0 bridgehead atoms. The molecule has 1 aromatic carbocycles. The minimum absolute atomic E-state index is 0.0691. The second-order valence-electron chi connectivity index (χ2n) is 5.18. The number of benzene rings is 1. The summed E-state index contributed by atoms with van der Waals surface area (Å²) in [5, 5.41) is 22.9. The van der Waals surface area contributed by atoms with E-state index in [-0.39, 0.29) is 25.6 Å². The monoisotopic (exact) mass is 344 g/mol. The number of hydrogen-bond donors (Lipinski definition) is 2. The lowest BCUT2D eigenvalue weighted by Crippen LogP contribution is -2.34. The van der Waals surface area contributed by atoms with Gasteiger partial charge in [0, 0.05) is 18.2 Å². The molecule has 0 fully saturated rings. The van der Waals surface area contributed by atoms with E-state index in [2.05, 4.69) is 20.8 Å². The minimum Gasteiger partial charge on any atom is -0.454 e. The van der Waals surface area contributed by atoms with Gasteiger partial charge in [0.25, 0.3) is 11.8 Å². The summed E-state index contributed by atoms with van der Waals surface area (Å²) in [6.45, 7) is -0.295. The van der Waals surface area contributed by atoms with Crippen molar-refractivity contribution in [3.8, 4) is 17.2 Å². The molecule has 0 saturated carbocycles. The maximum atomic E-state index is 12.3. The number of aliphatic hydroxyl groups excluding tert-OH is 1. The van der Waals surface area contributed by atoms with Crippen LogP contribution in [0, 0.1) is 0 Å². The van der Waals surface area contributed by atoms with E-state index in [9.17, 15) is 9.59 Å². The molecule has 0 radical (unpaired) electrons. The molecule has 2 aliphatic rings. The van der Waals surface area contributed by atoms with Crippen molar-refractivity contribution in [2.45, 2.75) is 0 Å². The van der Waals surface area contributed by atoms with Crippen LogP contribution < -0.4 is 14.8 Å². The highest BCUT2D eigenvalue weighted by molar-refractivity contribution is 6.17. The fourth-order valence-corrected chi connectivity index (χ4v) is 2.55. The van der Waals surface area contributed by atoms with E-state index in [1.165, 1.54) is 17.1 Å². The fourth-order valence-electron chi connectivity index (χ4n) is 2.55. The number of carbonyl (C=O) groups excluding carboxylic acids is 2. The number of nitrogens with one attached hydrogen (secondary N) is 1. The molecule has 0 spiro atoms. The minimum atomic E-state index is -0.528. The summed E-state index contributed by atoms with van der Waals surface area (Å²) >= 11 is 0. The largest absolute Gasteiger partial charge is 0.454 e. The molecule has 0 atom stereocenters. The van der Waals surface area contributed by atoms with Crippen LogP contribution in [0.2, 0.25) is 0 Å². The van der Waals surface area contributed by atoms with Crippen LogP contribution in [0.15, 0.2) is 30.2 Å². The van der Waals surface area contributed by atoms with Gasteiger partial charge in [-0.3, -0.25) is 14.5 Å². The van der Waals surface area contributed by atoms with Gasteiger partial charge in [0.1, 0.15) is 12.0 Å². The maximum Gasteiger partial charge on any atom is 0.277 e. The van der Waals surface area contributed by atoms with E-state index in [4.69, 9.17) is 14.6 Å². The average Bonchev–Trinajstić information content (AvgIpc) is 3.32. The summed E-state index contributed by atoms with van der Waals surface area (Å²) in [5.74, 6) is -0.0182. The Morgan fingerprint density at radius 3 is 2.76 bits per heavy atom. The molecule has 25 heavy (non-hydrogen) atoms. The Kier molecular flexibility index (Phi) is 3.54. The molecule has 11 nitrogen and oxygen atoms in total. The zero-order valence-electron chi connectivity index (χ0n) is 12.7. The van der Waals surface area contributed by atoms with Crippen LogP contribution in [0.1, 0.15) is 0 Å². The molecule has 1 aromatic heterocycles. The third kappa shape index (κ3) is 2.55. The van der Waals surface area contributed by atoms with Gasteiger partial charge in [-0.15, -0.1) is 5.10 Å². The van der Waals surface area contributed by atoms with E-state index < -0.39 is 11.8 Å². The first-order chi connectivity index (χ1) is 12.2. The van der Waals surface area contributed by atoms with Gasteiger partial charge in [0.15, 0.2) is 11.5 Å². The quantitative estimate of drug-likeness (QED) is 0.659. The molecule has 2 amide bonds. The summed E-state index contributed by atoms with van der Waals surface area (Å²) in [6, 6.07) is 3.29. The Hall–Kier alpha value is -3.47. The molecule has 2 N–H and O–H groups in total. The van der Waals surface area contributed by atoms with Crippen LogP contribution >= 0.6 is 0 Å². The van der Waals surface area contributed by atoms with Gasteiger partial charge in [0.2, 0.25) is 6.79 Å². The van der Waals surface area contributed by atoms with Crippen LogP contribution in [0.3, 0.4) is 0 Å². The van der Waals surface area contributed by atoms with Crippen molar-refractivity contribution in [2.75, 3.05) is 25.3 Å². The van der Waals surface area contributed by atoms with E-state index in [1.807, 2.05) is 0 Å². The molecule has 4 rings (SSSR count). The first-order valence-electron chi connectivity index (χ1n) is 7.30. The number of tetrazole rings is 1. The standard InChI is InChI=1S/C14H12N6O5/c21-2-1-19-13(22)4-9(14(19)23)16-8-3-11-12(25-7-24-11)5-10(8)20-6-15-17-18-20/h3-6,16,21H,1-2,7H2. The second kappa shape index (κ2) is 5.87. The summed E-state index contributed by atoms with van der Waals surface area (Å²) < 4.78 is 12.1. The predicted octanol–water partition coefficient (Wildman–Crippen LogP) is -0.952. The molecule has 2 aliphatic heterocycles. The number of anilines is 1. The van der Waals surface area contributed by atoms with Crippen LogP contribution in [-0.2, 0) is 9.59 Å². The van der Waals surface area contributed by atoms with Crippen molar-refractivity contribution < 1.29 is 24.2 Å². The first-order valence-corrected chi connectivity index (χ1v) is 7.30. The molecule has 0 aliphatic carbocycles. The highest BCUT2D eigenvalue weighted by Crippen LogP contribution is 2.39. The lowest BCUT2D eigenvalue weighted by atomic mass is 10.2. The van der Waals surface area contributed by atoms with Gasteiger partial charge in [-0.05, 0) is 10.4 Å². The topological polar surface area (TPSA) is 132 Å². The molecular formula is C14H12N6O5. The Morgan fingerprint density at radius 2 is 2.04 bits per heavy atom. The number of hydrogen-bond acceptors (Lipinski definition) is 9. The number of imide groups is 1. The molecule has 128 valence electrons. The Morgan fingerprint density at radius 1 is 1.24 bits per heavy atom. The number of carbonyl (C=O) groups is 2. The first kappa shape index (κ1) is 15.1. The van der Waals surface area contributed by atoms with Crippen LogP contribution in [0.5, 0.6) is 11.5 Å². The van der Waals surface area contributed by atoms with Gasteiger partial charge in [-0.25, -0.2) is 0 Å². The molecule has 2 aromatic rings. The number of β-amino-alcohol motifs (C(OH)–C–C–N with tert-alkyl or cyclic N) is 1. The van der Waals surface area contributed by atoms with Crippen molar-refractivity contribution in [1.29, 1.82) is 0 Å². The number of fused-ring (bicyclic) bond motifs is 1. The van der Waals surface area contributed by atoms with Crippen LogP contribution in [0.25, 0.3) is 5.69 Å². The van der Waals surface area contributed by atoms with Gasteiger partial charge < -0.3 is 19.9 Å². The number of nitrogens with zero attached hydrogens (tertiary/aromatic N) is 5. The average molecular weight is 344 g/mol. The van der Waals surface area contributed by atoms with Gasteiger partial charge in [-0.1, -0.05) is 0 Å². The van der Waals surface area contributed by atoms with E-state index in [0.717, 1.165) is 4.90 Å². The van der Waals surface area contributed by atoms with Crippen LogP contribution in [-0.4, -0.2) is 62.0 Å². The van der Waals surface area contributed by atoms with Gasteiger partial charge >= 0.3 is 0 Å². The predicted molar refractivity (Wildman–Crippen MR) is 80.8 cm³/mol. The SMILES string of the molecule is O=C1C=C(Nc2cc3c(cc2-n2cnnn2)OCO3)C(=O)N1CCO. The summed E-state index contributed by atoms with van der Waals surface area (Å²) in [6.07, 6.45) is 2.56. The molecule has 3 heterocycles. The number of aromatic nitrogens is 4. The van der Waals surface area contributed by atoms with Crippen molar-refractivity contribution >= 4 is 17.5 Å². The van der Waals surface area contributed by atoms with Gasteiger partial charge in [-0.2, -0.15) is 4.68 Å². The zero-order chi connectivity index (χ0) is 17.4. The van der Waals surface area contributed by atoms with Crippen molar-refractivity contribution in [3.63, 3.8) is 0 Å². The third-order valence-corrected chi connectivity index (χ3v) is 3.69. The Bertz CT molecular complexity index is 878. The maximum absolute atomic E-state index is 12.3. The normalized spacial score (nSPS) is 15.7. The lowest BCUT2D eigenvalue weighted by Gasteiger charge is -2.15. The second-order valence-corrected chi connectivity index (χ2v) is 5.18. The molecular weight excluding hydrogens is 332 g/mol. The Labute approximate surface area is 140 Å². The summed E-state index contributed by atoms with van der Waals surface area (Å²) in [5.41, 5.74) is 1.04. The van der Waals surface area contributed by atoms with Crippen molar-refractivity contribution in [1.82, 2.24) is 25.1 Å². The number of aliphatic hydroxyl groups is 1. The Balaban J connectivity index is 1.70. The van der Waals surface area contributed by atoms with E-state index in [1.54, 1.807) is 12.1 Å².